The van der Waals surface area contributed by atoms with Gasteiger partial charge >= 0.3 is 0 Å². The molecule has 0 rings (SSSR count). The van der Waals surface area contributed by atoms with Crippen molar-refractivity contribution in [3.8, 4) is 11.8 Å². The van der Waals surface area contributed by atoms with Crippen LogP contribution >= 0.6 is 0 Å². The van der Waals surface area contributed by atoms with Crippen molar-refractivity contribution in [2.24, 2.45) is 5.41 Å². The third kappa shape index (κ3) is 6.67. The third-order valence-electron chi connectivity index (χ3n) is 3.22. The molecule has 0 radical (unpaired) electrons. The molecule has 0 spiro atoms. The van der Waals surface area contributed by atoms with Crippen molar-refractivity contribution >= 4 is 0 Å². The van der Waals surface area contributed by atoms with E-state index in [4.69, 9.17) is 0 Å². The summed E-state index contributed by atoms with van der Waals surface area (Å²) in [5, 5.41) is 10.2. The van der Waals surface area contributed by atoms with Crippen molar-refractivity contribution in [2.45, 2.75) is 65.9 Å². The maximum absolute atomic E-state index is 10.2. The molecule has 0 saturated heterocycles. The molecule has 0 aromatic heterocycles. The summed E-state index contributed by atoms with van der Waals surface area (Å²) in [5.41, 5.74) is 0.996. The SMILES string of the molecule is C=C[C@@](C)(CCC=C(C)C)[C@H](O)C#CCCCC. The summed E-state index contributed by atoms with van der Waals surface area (Å²) in [5.74, 6) is 6.02. The average molecular weight is 248 g/mol. The number of hydrogen-bond donors (Lipinski definition) is 1. The highest BCUT2D eigenvalue weighted by Gasteiger charge is 2.27. The van der Waals surface area contributed by atoms with Crippen molar-refractivity contribution in [2.75, 3.05) is 0 Å². The molecule has 0 amide bonds. The zero-order valence-electron chi connectivity index (χ0n) is 12.4. The van der Waals surface area contributed by atoms with Gasteiger partial charge in [0, 0.05) is 11.8 Å². The van der Waals surface area contributed by atoms with Crippen LogP contribution in [0.1, 0.15) is 59.8 Å². The Morgan fingerprint density at radius 1 is 1.44 bits per heavy atom. The first-order chi connectivity index (χ1) is 8.46. The Morgan fingerprint density at radius 2 is 2.11 bits per heavy atom. The van der Waals surface area contributed by atoms with Crippen molar-refractivity contribution in [1.29, 1.82) is 0 Å². The molecule has 0 aromatic carbocycles. The van der Waals surface area contributed by atoms with Gasteiger partial charge in [0.15, 0.2) is 0 Å². The van der Waals surface area contributed by atoms with Gasteiger partial charge in [-0.1, -0.05) is 43.9 Å². The zero-order chi connectivity index (χ0) is 14.0. The maximum atomic E-state index is 10.2. The zero-order valence-corrected chi connectivity index (χ0v) is 12.4. The van der Waals surface area contributed by atoms with E-state index >= 15 is 0 Å². The van der Waals surface area contributed by atoms with E-state index in [1.807, 2.05) is 13.0 Å². The van der Waals surface area contributed by atoms with Gasteiger partial charge < -0.3 is 5.11 Å². The van der Waals surface area contributed by atoms with Gasteiger partial charge in [0.25, 0.3) is 0 Å². The van der Waals surface area contributed by atoms with Gasteiger partial charge in [-0.2, -0.15) is 0 Å². The fraction of sp³-hybridized carbons (Fsp3) is 0.647. The van der Waals surface area contributed by atoms with E-state index in [1.165, 1.54) is 5.57 Å². The molecular weight excluding hydrogens is 220 g/mol. The average Bonchev–Trinajstić information content (AvgIpc) is 2.33. The van der Waals surface area contributed by atoms with Crippen molar-refractivity contribution in [3.05, 3.63) is 24.3 Å². The highest BCUT2D eigenvalue weighted by atomic mass is 16.3. The number of hydrogen-bond acceptors (Lipinski definition) is 1. The smallest absolute Gasteiger partial charge is 0.123 e. The van der Waals surface area contributed by atoms with E-state index in [0.29, 0.717) is 0 Å². The van der Waals surface area contributed by atoms with Gasteiger partial charge in [0.05, 0.1) is 0 Å². The molecule has 0 aliphatic rings. The summed E-state index contributed by atoms with van der Waals surface area (Å²) in [4.78, 5) is 0. The van der Waals surface area contributed by atoms with Crippen molar-refractivity contribution < 1.29 is 5.11 Å². The van der Waals surface area contributed by atoms with Gasteiger partial charge in [-0.3, -0.25) is 0 Å². The Morgan fingerprint density at radius 3 is 2.61 bits per heavy atom. The molecule has 0 aliphatic carbocycles. The lowest BCUT2D eigenvalue weighted by molar-refractivity contribution is 0.115. The predicted octanol–water partition coefficient (Wildman–Crippen LogP) is 4.48. The molecule has 0 aromatic rings. The van der Waals surface area contributed by atoms with E-state index < -0.39 is 6.10 Å². The van der Waals surface area contributed by atoms with Crippen LogP contribution in [0, 0.1) is 17.3 Å². The van der Waals surface area contributed by atoms with Gasteiger partial charge in [-0.25, -0.2) is 0 Å². The molecule has 2 atom stereocenters. The Labute approximate surface area is 113 Å². The minimum atomic E-state index is -0.614. The van der Waals surface area contributed by atoms with Crippen LogP contribution in [0.2, 0.25) is 0 Å². The highest BCUT2D eigenvalue weighted by molar-refractivity contribution is 5.14. The number of allylic oxidation sites excluding steroid dienone is 2. The Hall–Kier alpha value is -1.00. The molecule has 18 heavy (non-hydrogen) atoms. The van der Waals surface area contributed by atoms with Crippen LogP contribution in [-0.4, -0.2) is 11.2 Å². The molecule has 0 aliphatic heterocycles. The largest absolute Gasteiger partial charge is 0.379 e. The maximum Gasteiger partial charge on any atom is 0.123 e. The Kier molecular flexibility index (Phi) is 8.50. The molecule has 0 fully saturated rings. The lowest BCUT2D eigenvalue weighted by Gasteiger charge is -2.27. The van der Waals surface area contributed by atoms with Crippen LogP contribution in [0.5, 0.6) is 0 Å². The van der Waals surface area contributed by atoms with E-state index in [0.717, 1.165) is 32.1 Å². The second kappa shape index (κ2) is 9.00. The van der Waals surface area contributed by atoms with Crippen LogP contribution in [-0.2, 0) is 0 Å². The summed E-state index contributed by atoms with van der Waals surface area (Å²) in [7, 11) is 0. The van der Waals surface area contributed by atoms with Crippen molar-refractivity contribution in [1.82, 2.24) is 0 Å². The first-order valence-electron chi connectivity index (χ1n) is 6.89. The summed E-state index contributed by atoms with van der Waals surface area (Å²) < 4.78 is 0. The first-order valence-corrected chi connectivity index (χ1v) is 6.89. The third-order valence-corrected chi connectivity index (χ3v) is 3.22. The predicted molar refractivity (Wildman–Crippen MR) is 80.3 cm³/mol. The standard InChI is InChI=1S/C17H28O/c1-6-8-9-10-13-16(18)17(5,7-2)14-11-12-15(3)4/h7,12,16,18H,2,6,8-9,11,14H2,1,3-5H3/t16-,17+/m1/s1. The minimum Gasteiger partial charge on any atom is -0.379 e. The summed E-state index contributed by atoms with van der Waals surface area (Å²) >= 11 is 0. The summed E-state index contributed by atoms with van der Waals surface area (Å²) in [6, 6.07) is 0. The molecule has 0 bridgehead atoms. The van der Waals surface area contributed by atoms with E-state index in [2.05, 4.69) is 45.3 Å². The number of unbranched alkanes of at least 4 members (excludes halogenated alkanes) is 2. The minimum absolute atomic E-state index is 0.314. The topological polar surface area (TPSA) is 20.2 Å². The van der Waals surface area contributed by atoms with Crippen LogP contribution in [0.25, 0.3) is 0 Å². The Balaban J connectivity index is 4.45. The van der Waals surface area contributed by atoms with Gasteiger partial charge in [0.2, 0.25) is 0 Å². The fourth-order valence-corrected chi connectivity index (χ4v) is 1.62. The van der Waals surface area contributed by atoms with E-state index in [-0.39, 0.29) is 5.41 Å². The fourth-order valence-electron chi connectivity index (χ4n) is 1.62. The molecule has 1 nitrogen and oxygen atoms in total. The van der Waals surface area contributed by atoms with Crippen LogP contribution in [0.4, 0.5) is 0 Å². The van der Waals surface area contributed by atoms with Crippen molar-refractivity contribution in [3.63, 3.8) is 0 Å². The monoisotopic (exact) mass is 248 g/mol. The second-order valence-corrected chi connectivity index (χ2v) is 5.36. The molecule has 1 heteroatoms. The van der Waals surface area contributed by atoms with Gasteiger partial charge in [0.1, 0.15) is 6.10 Å². The van der Waals surface area contributed by atoms with Crippen LogP contribution in [0.15, 0.2) is 24.3 Å². The summed E-state index contributed by atoms with van der Waals surface area (Å²) in [6.45, 7) is 12.2. The van der Waals surface area contributed by atoms with E-state index in [9.17, 15) is 5.11 Å². The summed E-state index contributed by atoms with van der Waals surface area (Å²) in [6.07, 6.45) is 8.37. The highest BCUT2D eigenvalue weighted by Crippen LogP contribution is 2.29. The van der Waals surface area contributed by atoms with Gasteiger partial charge in [-0.15, -0.1) is 12.5 Å². The van der Waals surface area contributed by atoms with E-state index in [1.54, 1.807) is 0 Å². The molecule has 0 saturated carbocycles. The number of aliphatic hydroxyl groups is 1. The number of rotatable bonds is 7. The Bertz CT molecular complexity index is 325. The number of aliphatic hydroxyl groups excluding tert-OH is 1. The lowest BCUT2D eigenvalue weighted by atomic mass is 9.80. The van der Waals surface area contributed by atoms with Gasteiger partial charge in [-0.05, 0) is 33.1 Å². The van der Waals surface area contributed by atoms with Crippen LogP contribution in [0.3, 0.4) is 0 Å². The molecule has 102 valence electrons. The molecule has 0 heterocycles. The molecule has 0 unspecified atom stereocenters. The second-order valence-electron chi connectivity index (χ2n) is 5.36. The normalized spacial score (nSPS) is 14.9. The molecule has 1 N–H and O–H groups in total. The first kappa shape index (κ1) is 17.0. The van der Waals surface area contributed by atoms with Crippen LogP contribution < -0.4 is 0 Å². The lowest BCUT2D eigenvalue weighted by Crippen LogP contribution is -2.28. The quantitative estimate of drug-likeness (QED) is 0.400. The molecular formula is C17H28O.